The van der Waals surface area contributed by atoms with Gasteiger partial charge in [0.25, 0.3) is 5.69 Å². The largest absolute Gasteiger partial charge is 0.391 e. The Bertz CT molecular complexity index is 553. The van der Waals surface area contributed by atoms with Crippen molar-refractivity contribution in [3.05, 3.63) is 39.4 Å². The SMILES string of the molecule is Cc1c(CC(=O)NCC(O)C2CCCC2)cccc1[N+](=O)[O-]. The zero-order chi connectivity index (χ0) is 16.1. The first-order chi connectivity index (χ1) is 10.5. The van der Waals surface area contributed by atoms with Crippen molar-refractivity contribution < 1.29 is 14.8 Å². The summed E-state index contributed by atoms with van der Waals surface area (Å²) in [6, 6.07) is 4.73. The predicted molar refractivity (Wildman–Crippen MR) is 82.5 cm³/mol. The highest BCUT2D eigenvalue weighted by molar-refractivity contribution is 5.79. The van der Waals surface area contributed by atoms with Crippen molar-refractivity contribution in [3.8, 4) is 0 Å². The van der Waals surface area contributed by atoms with Crippen LogP contribution in [0.5, 0.6) is 0 Å². The third-order valence-corrected chi connectivity index (χ3v) is 4.42. The molecule has 0 spiro atoms. The molecule has 1 fully saturated rings. The third kappa shape index (κ3) is 4.04. The van der Waals surface area contributed by atoms with Crippen LogP contribution in [0.1, 0.15) is 36.8 Å². The first kappa shape index (κ1) is 16.4. The number of benzene rings is 1. The maximum Gasteiger partial charge on any atom is 0.272 e. The molecule has 0 aliphatic heterocycles. The molecule has 6 nitrogen and oxygen atoms in total. The van der Waals surface area contributed by atoms with Gasteiger partial charge in [-0.15, -0.1) is 0 Å². The topological polar surface area (TPSA) is 92.5 Å². The Morgan fingerprint density at radius 1 is 1.45 bits per heavy atom. The van der Waals surface area contributed by atoms with E-state index in [1.165, 1.54) is 6.07 Å². The number of carbonyl (C=O) groups excluding carboxylic acids is 1. The van der Waals surface area contributed by atoms with Crippen molar-refractivity contribution in [3.63, 3.8) is 0 Å². The summed E-state index contributed by atoms with van der Waals surface area (Å²) in [4.78, 5) is 22.4. The van der Waals surface area contributed by atoms with E-state index in [2.05, 4.69) is 5.32 Å². The lowest BCUT2D eigenvalue weighted by Crippen LogP contribution is -2.36. The standard InChI is InChI=1S/C16H22N2O4/c1-11-13(7-4-8-14(11)18(21)22)9-16(20)17-10-15(19)12-5-2-3-6-12/h4,7-8,12,15,19H,2-3,5-6,9-10H2,1H3,(H,17,20). The smallest absolute Gasteiger partial charge is 0.272 e. The van der Waals surface area contributed by atoms with E-state index in [0.29, 0.717) is 11.1 Å². The fourth-order valence-electron chi connectivity index (χ4n) is 3.02. The number of nitrogens with zero attached hydrogens (tertiary/aromatic N) is 1. The molecular formula is C16H22N2O4. The van der Waals surface area contributed by atoms with Crippen LogP contribution in [0.15, 0.2) is 18.2 Å². The van der Waals surface area contributed by atoms with Gasteiger partial charge in [-0.25, -0.2) is 0 Å². The molecule has 2 N–H and O–H groups in total. The molecule has 120 valence electrons. The van der Waals surface area contributed by atoms with Crippen LogP contribution in [0.4, 0.5) is 5.69 Å². The van der Waals surface area contributed by atoms with Crippen LogP contribution in [0, 0.1) is 23.0 Å². The number of nitrogens with one attached hydrogen (secondary N) is 1. The first-order valence-corrected chi connectivity index (χ1v) is 7.66. The zero-order valence-electron chi connectivity index (χ0n) is 12.7. The highest BCUT2D eigenvalue weighted by atomic mass is 16.6. The summed E-state index contributed by atoms with van der Waals surface area (Å²) in [5.41, 5.74) is 1.18. The molecule has 1 saturated carbocycles. The molecule has 0 radical (unpaired) electrons. The maximum absolute atomic E-state index is 12.0. The summed E-state index contributed by atoms with van der Waals surface area (Å²) in [6.07, 6.45) is 3.90. The first-order valence-electron chi connectivity index (χ1n) is 7.66. The number of nitro groups is 1. The van der Waals surface area contributed by atoms with Crippen LogP contribution in [0.25, 0.3) is 0 Å². The van der Waals surface area contributed by atoms with Gasteiger partial charge < -0.3 is 10.4 Å². The lowest BCUT2D eigenvalue weighted by Gasteiger charge is -2.18. The molecule has 2 rings (SSSR count). The molecule has 1 aliphatic rings. The van der Waals surface area contributed by atoms with Crippen molar-refractivity contribution in [1.82, 2.24) is 5.32 Å². The summed E-state index contributed by atoms with van der Waals surface area (Å²) in [6.45, 7) is 1.89. The average molecular weight is 306 g/mol. The Morgan fingerprint density at radius 2 is 2.14 bits per heavy atom. The second-order valence-electron chi connectivity index (χ2n) is 5.91. The minimum Gasteiger partial charge on any atom is -0.391 e. The Kier molecular flexibility index (Phi) is 5.49. The highest BCUT2D eigenvalue weighted by Crippen LogP contribution is 2.27. The molecular weight excluding hydrogens is 284 g/mol. The summed E-state index contributed by atoms with van der Waals surface area (Å²) >= 11 is 0. The van der Waals surface area contributed by atoms with Crippen LogP contribution >= 0.6 is 0 Å². The Hall–Kier alpha value is -1.95. The van der Waals surface area contributed by atoms with Crippen molar-refractivity contribution in [2.45, 2.75) is 45.1 Å². The number of aliphatic hydroxyl groups excluding tert-OH is 1. The lowest BCUT2D eigenvalue weighted by molar-refractivity contribution is -0.385. The van der Waals surface area contributed by atoms with Crippen molar-refractivity contribution in [2.24, 2.45) is 5.92 Å². The maximum atomic E-state index is 12.0. The molecule has 0 aromatic heterocycles. The zero-order valence-corrected chi connectivity index (χ0v) is 12.7. The Labute approximate surface area is 129 Å². The van der Waals surface area contributed by atoms with Gasteiger partial charge >= 0.3 is 0 Å². The van der Waals surface area contributed by atoms with Gasteiger partial charge in [0, 0.05) is 18.2 Å². The second-order valence-corrected chi connectivity index (χ2v) is 5.91. The Balaban J connectivity index is 1.89. The second kappa shape index (κ2) is 7.35. The van der Waals surface area contributed by atoms with E-state index >= 15 is 0 Å². The van der Waals surface area contributed by atoms with Crippen LogP contribution in [0.2, 0.25) is 0 Å². The Morgan fingerprint density at radius 3 is 2.77 bits per heavy atom. The van der Waals surface area contributed by atoms with E-state index in [1.54, 1.807) is 19.1 Å². The number of nitro benzene ring substituents is 1. The molecule has 0 saturated heterocycles. The van der Waals surface area contributed by atoms with E-state index in [4.69, 9.17) is 0 Å². The number of carbonyl (C=O) groups is 1. The van der Waals surface area contributed by atoms with E-state index in [9.17, 15) is 20.0 Å². The molecule has 1 atom stereocenters. The molecule has 1 aliphatic carbocycles. The van der Waals surface area contributed by atoms with Crippen LogP contribution < -0.4 is 5.32 Å². The molecule has 22 heavy (non-hydrogen) atoms. The van der Waals surface area contributed by atoms with Gasteiger partial charge in [-0.2, -0.15) is 0 Å². The summed E-state index contributed by atoms with van der Waals surface area (Å²) in [5.74, 6) is 0.0560. The van der Waals surface area contributed by atoms with E-state index in [-0.39, 0.29) is 30.5 Å². The van der Waals surface area contributed by atoms with Gasteiger partial charge in [-0.1, -0.05) is 25.0 Å². The molecule has 1 unspecified atom stereocenters. The van der Waals surface area contributed by atoms with Gasteiger partial charge in [-0.05, 0) is 31.2 Å². The number of aliphatic hydroxyl groups is 1. The van der Waals surface area contributed by atoms with Crippen LogP contribution in [0.3, 0.4) is 0 Å². The minimum absolute atomic E-state index is 0.0243. The minimum atomic E-state index is -0.502. The summed E-state index contributed by atoms with van der Waals surface area (Å²) in [5, 5.41) is 23.7. The quantitative estimate of drug-likeness (QED) is 0.622. The number of hydrogen-bond donors (Lipinski definition) is 2. The number of rotatable bonds is 6. The molecule has 6 heteroatoms. The van der Waals surface area contributed by atoms with Crippen LogP contribution in [-0.2, 0) is 11.2 Å². The fourth-order valence-corrected chi connectivity index (χ4v) is 3.02. The average Bonchev–Trinajstić information content (AvgIpc) is 3.01. The fraction of sp³-hybridized carbons (Fsp3) is 0.562. The summed E-state index contributed by atoms with van der Waals surface area (Å²) in [7, 11) is 0. The normalized spacial score (nSPS) is 16.5. The van der Waals surface area contributed by atoms with E-state index in [0.717, 1.165) is 25.7 Å². The van der Waals surface area contributed by atoms with Gasteiger partial charge in [0.2, 0.25) is 5.91 Å². The molecule has 1 aromatic rings. The third-order valence-electron chi connectivity index (χ3n) is 4.42. The van der Waals surface area contributed by atoms with E-state index in [1.807, 2.05) is 0 Å². The van der Waals surface area contributed by atoms with Gasteiger partial charge in [0.1, 0.15) is 0 Å². The molecule has 1 aromatic carbocycles. The lowest BCUT2D eigenvalue weighted by atomic mass is 10.0. The van der Waals surface area contributed by atoms with Crippen molar-refractivity contribution >= 4 is 11.6 Å². The highest BCUT2D eigenvalue weighted by Gasteiger charge is 2.23. The van der Waals surface area contributed by atoms with Crippen LogP contribution in [-0.4, -0.2) is 28.6 Å². The van der Waals surface area contributed by atoms with Crippen molar-refractivity contribution in [1.29, 1.82) is 0 Å². The van der Waals surface area contributed by atoms with Gasteiger partial charge in [0.05, 0.1) is 17.4 Å². The monoisotopic (exact) mass is 306 g/mol. The summed E-state index contributed by atoms with van der Waals surface area (Å²) < 4.78 is 0. The predicted octanol–water partition coefficient (Wildman–Crippen LogP) is 2.11. The molecule has 0 bridgehead atoms. The van der Waals surface area contributed by atoms with Gasteiger partial charge in [0.15, 0.2) is 0 Å². The molecule has 0 heterocycles. The van der Waals surface area contributed by atoms with E-state index < -0.39 is 11.0 Å². The number of amides is 1. The molecule has 1 amide bonds. The van der Waals surface area contributed by atoms with Crippen molar-refractivity contribution in [2.75, 3.05) is 6.54 Å². The van der Waals surface area contributed by atoms with Gasteiger partial charge in [-0.3, -0.25) is 14.9 Å². The number of hydrogen-bond acceptors (Lipinski definition) is 4.